The molecule has 12 heavy (non-hydrogen) atoms. The first-order valence-electron chi connectivity index (χ1n) is 4.05. The highest BCUT2D eigenvalue weighted by Gasteiger charge is 2.10. The van der Waals surface area contributed by atoms with E-state index in [-0.39, 0.29) is 5.54 Å². The number of hydrogen-bond acceptors (Lipinski definition) is 2. The molecule has 0 saturated carbocycles. The first kappa shape index (κ1) is 9.07. The van der Waals surface area contributed by atoms with Crippen LogP contribution in [0.5, 0.6) is 5.75 Å². The number of para-hydroxylation sites is 1. The fraction of sp³-hybridized carbons (Fsp3) is 0.400. The van der Waals surface area contributed by atoms with E-state index in [4.69, 9.17) is 10.5 Å². The van der Waals surface area contributed by atoms with Gasteiger partial charge in [0, 0.05) is 5.54 Å². The highest BCUT2D eigenvalue weighted by atomic mass is 16.5. The van der Waals surface area contributed by atoms with Crippen molar-refractivity contribution in [1.82, 2.24) is 0 Å². The van der Waals surface area contributed by atoms with Gasteiger partial charge in [0.1, 0.15) is 12.4 Å². The van der Waals surface area contributed by atoms with Crippen molar-refractivity contribution in [2.24, 2.45) is 5.73 Å². The van der Waals surface area contributed by atoms with Gasteiger partial charge in [0.2, 0.25) is 0 Å². The van der Waals surface area contributed by atoms with Gasteiger partial charge in [-0.25, -0.2) is 0 Å². The maximum atomic E-state index is 5.76. The molecular weight excluding hydrogens is 150 g/mol. The highest BCUT2D eigenvalue weighted by Crippen LogP contribution is 2.10. The summed E-state index contributed by atoms with van der Waals surface area (Å²) in [6.07, 6.45) is 0. The summed E-state index contributed by atoms with van der Waals surface area (Å²) in [5.74, 6) is 0.871. The summed E-state index contributed by atoms with van der Waals surface area (Å²) >= 11 is 0. The lowest BCUT2D eigenvalue weighted by atomic mass is 10.1. The van der Waals surface area contributed by atoms with Crippen LogP contribution in [-0.4, -0.2) is 12.1 Å². The van der Waals surface area contributed by atoms with Crippen LogP contribution in [0.4, 0.5) is 0 Å². The van der Waals surface area contributed by atoms with Crippen molar-refractivity contribution >= 4 is 0 Å². The van der Waals surface area contributed by atoms with Crippen molar-refractivity contribution in [2.75, 3.05) is 6.61 Å². The zero-order chi connectivity index (χ0) is 9.03. The van der Waals surface area contributed by atoms with Crippen LogP contribution < -0.4 is 10.5 Å². The third-order valence-corrected chi connectivity index (χ3v) is 1.35. The SMILES string of the molecule is CC(C)(N)COc1ccccc1. The summed E-state index contributed by atoms with van der Waals surface area (Å²) in [5, 5.41) is 0. The second-order valence-corrected chi connectivity index (χ2v) is 3.59. The molecule has 0 saturated heterocycles. The van der Waals surface area contributed by atoms with Gasteiger partial charge in [0.25, 0.3) is 0 Å². The van der Waals surface area contributed by atoms with Crippen LogP contribution in [0.2, 0.25) is 0 Å². The van der Waals surface area contributed by atoms with Gasteiger partial charge in [-0.15, -0.1) is 0 Å². The Hall–Kier alpha value is -1.02. The molecule has 0 amide bonds. The van der Waals surface area contributed by atoms with E-state index in [1.54, 1.807) is 0 Å². The topological polar surface area (TPSA) is 35.2 Å². The standard InChI is InChI=1S/C10H15NO/c1-10(2,11)8-12-9-6-4-3-5-7-9/h3-7H,8,11H2,1-2H3. The van der Waals surface area contributed by atoms with Crippen LogP contribution in [0.1, 0.15) is 13.8 Å². The molecule has 0 unspecified atom stereocenters. The molecule has 2 N–H and O–H groups in total. The first-order valence-corrected chi connectivity index (χ1v) is 4.05. The number of nitrogens with two attached hydrogens (primary N) is 1. The van der Waals surface area contributed by atoms with Crippen LogP contribution in [0.25, 0.3) is 0 Å². The lowest BCUT2D eigenvalue weighted by molar-refractivity contribution is 0.243. The Labute approximate surface area is 73.3 Å². The molecule has 0 aromatic heterocycles. The Balaban J connectivity index is 2.44. The van der Waals surface area contributed by atoms with Gasteiger partial charge >= 0.3 is 0 Å². The van der Waals surface area contributed by atoms with Crippen molar-refractivity contribution in [3.63, 3.8) is 0 Å². The summed E-state index contributed by atoms with van der Waals surface area (Å²) in [5.41, 5.74) is 5.49. The van der Waals surface area contributed by atoms with Crippen molar-refractivity contribution in [3.8, 4) is 5.75 Å². The molecular formula is C10H15NO. The average molecular weight is 165 g/mol. The third kappa shape index (κ3) is 3.39. The Kier molecular flexibility index (Phi) is 2.71. The van der Waals surface area contributed by atoms with Gasteiger partial charge in [-0.2, -0.15) is 0 Å². The molecule has 2 nitrogen and oxygen atoms in total. The molecule has 0 spiro atoms. The number of rotatable bonds is 3. The zero-order valence-corrected chi connectivity index (χ0v) is 7.58. The monoisotopic (exact) mass is 165 g/mol. The second kappa shape index (κ2) is 3.59. The number of hydrogen-bond donors (Lipinski definition) is 1. The molecule has 0 fully saturated rings. The minimum absolute atomic E-state index is 0.268. The normalized spacial score (nSPS) is 11.2. The largest absolute Gasteiger partial charge is 0.492 e. The molecule has 0 aliphatic rings. The molecule has 0 atom stereocenters. The highest BCUT2D eigenvalue weighted by molar-refractivity contribution is 5.21. The fourth-order valence-corrected chi connectivity index (χ4v) is 0.786. The Morgan fingerprint density at radius 1 is 1.25 bits per heavy atom. The van der Waals surface area contributed by atoms with Gasteiger partial charge in [-0.05, 0) is 26.0 Å². The Morgan fingerprint density at radius 3 is 2.33 bits per heavy atom. The smallest absolute Gasteiger partial charge is 0.119 e. The Bertz CT molecular complexity index is 225. The quantitative estimate of drug-likeness (QED) is 0.741. The molecule has 0 radical (unpaired) electrons. The van der Waals surface area contributed by atoms with Crippen molar-refractivity contribution in [1.29, 1.82) is 0 Å². The van der Waals surface area contributed by atoms with Crippen LogP contribution in [-0.2, 0) is 0 Å². The number of benzene rings is 1. The molecule has 0 aliphatic heterocycles. The van der Waals surface area contributed by atoms with Crippen LogP contribution >= 0.6 is 0 Å². The van der Waals surface area contributed by atoms with Gasteiger partial charge in [0.05, 0.1) is 0 Å². The van der Waals surface area contributed by atoms with E-state index in [0.29, 0.717) is 6.61 Å². The minimum atomic E-state index is -0.268. The summed E-state index contributed by atoms with van der Waals surface area (Å²) in [4.78, 5) is 0. The predicted molar refractivity (Wildman–Crippen MR) is 50.2 cm³/mol. The Morgan fingerprint density at radius 2 is 1.83 bits per heavy atom. The van der Waals surface area contributed by atoms with Crippen molar-refractivity contribution in [2.45, 2.75) is 19.4 Å². The van der Waals surface area contributed by atoms with Gasteiger partial charge in [-0.3, -0.25) is 0 Å². The summed E-state index contributed by atoms with van der Waals surface area (Å²) in [6.45, 7) is 4.42. The molecule has 1 aromatic carbocycles. The van der Waals surface area contributed by atoms with E-state index < -0.39 is 0 Å². The van der Waals surface area contributed by atoms with Crippen molar-refractivity contribution < 1.29 is 4.74 Å². The van der Waals surface area contributed by atoms with Gasteiger partial charge in [0.15, 0.2) is 0 Å². The molecule has 0 bridgehead atoms. The molecule has 66 valence electrons. The summed E-state index contributed by atoms with van der Waals surface area (Å²) < 4.78 is 5.45. The molecule has 1 aromatic rings. The van der Waals surface area contributed by atoms with Gasteiger partial charge in [-0.1, -0.05) is 18.2 Å². The molecule has 0 heterocycles. The number of ether oxygens (including phenoxy) is 1. The van der Waals surface area contributed by atoms with E-state index in [9.17, 15) is 0 Å². The lowest BCUT2D eigenvalue weighted by Crippen LogP contribution is -2.38. The van der Waals surface area contributed by atoms with Gasteiger partial charge < -0.3 is 10.5 Å². The molecule has 1 rings (SSSR count). The van der Waals surface area contributed by atoms with E-state index >= 15 is 0 Å². The summed E-state index contributed by atoms with van der Waals surface area (Å²) in [7, 11) is 0. The van der Waals surface area contributed by atoms with E-state index in [0.717, 1.165) is 5.75 Å². The predicted octanol–water partition coefficient (Wildman–Crippen LogP) is 1.80. The first-order chi connectivity index (χ1) is 5.58. The fourth-order valence-electron chi connectivity index (χ4n) is 0.786. The van der Waals surface area contributed by atoms with E-state index in [2.05, 4.69) is 0 Å². The van der Waals surface area contributed by atoms with E-state index in [1.165, 1.54) is 0 Å². The molecule has 2 heteroatoms. The lowest BCUT2D eigenvalue weighted by Gasteiger charge is -2.18. The second-order valence-electron chi connectivity index (χ2n) is 3.59. The average Bonchev–Trinajstić information content (AvgIpc) is 2.02. The zero-order valence-electron chi connectivity index (χ0n) is 7.58. The minimum Gasteiger partial charge on any atom is -0.492 e. The maximum Gasteiger partial charge on any atom is 0.119 e. The third-order valence-electron chi connectivity index (χ3n) is 1.35. The van der Waals surface area contributed by atoms with Crippen LogP contribution in [0.15, 0.2) is 30.3 Å². The van der Waals surface area contributed by atoms with Crippen LogP contribution in [0.3, 0.4) is 0 Å². The molecule has 0 aliphatic carbocycles. The van der Waals surface area contributed by atoms with E-state index in [1.807, 2.05) is 44.2 Å². The summed E-state index contributed by atoms with van der Waals surface area (Å²) in [6, 6.07) is 9.69. The van der Waals surface area contributed by atoms with Crippen LogP contribution in [0, 0.1) is 0 Å². The van der Waals surface area contributed by atoms with Crippen molar-refractivity contribution in [3.05, 3.63) is 30.3 Å². The maximum absolute atomic E-state index is 5.76.